The summed E-state index contributed by atoms with van der Waals surface area (Å²) in [6, 6.07) is 27.5. The van der Waals surface area contributed by atoms with Gasteiger partial charge in [-0.05, 0) is 67.8 Å². The maximum absolute atomic E-state index is 14.5. The van der Waals surface area contributed by atoms with Crippen molar-refractivity contribution in [2.75, 3.05) is 17.4 Å². The van der Waals surface area contributed by atoms with E-state index < -0.39 is 34.3 Å². The third-order valence-electron chi connectivity index (χ3n) is 7.54. The van der Waals surface area contributed by atoms with Crippen LogP contribution in [0.3, 0.4) is 0 Å². The zero-order chi connectivity index (χ0) is 32.4. The Morgan fingerprint density at radius 2 is 1.49 bits per heavy atom. The van der Waals surface area contributed by atoms with Crippen LogP contribution in [0.4, 0.5) is 10.1 Å². The summed E-state index contributed by atoms with van der Waals surface area (Å²) in [6.45, 7) is 5.84. The van der Waals surface area contributed by atoms with Gasteiger partial charge in [0.05, 0.1) is 10.6 Å². The molecule has 0 aliphatic heterocycles. The average molecular weight is 630 g/mol. The van der Waals surface area contributed by atoms with Gasteiger partial charge in [-0.15, -0.1) is 0 Å². The lowest BCUT2D eigenvalue weighted by Gasteiger charge is -2.34. The Morgan fingerprint density at radius 3 is 2.13 bits per heavy atom. The number of hydrogen-bond donors (Lipinski definition) is 1. The molecule has 0 aromatic heterocycles. The number of carbonyl (C=O) groups is 2. The monoisotopic (exact) mass is 629 g/mol. The molecule has 1 atom stereocenters. The number of anilines is 1. The van der Waals surface area contributed by atoms with Crippen LogP contribution < -0.4 is 9.62 Å². The lowest BCUT2D eigenvalue weighted by molar-refractivity contribution is -0.140. The van der Waals surface area contributed by atoms with Gasteiger partial charge in [0.2, 0.25) is 11.8 Å². The number of amides is 2. The largest absolute Gasteiger partial charge is 0.354 e. The van der Waals surface area contributed by atoms with Gasteiger partial charge in [0, 0.05) is 19.5 Å². The Morgan fingerprint density at radius 1 is 0.822 bits per heavy atom. The molecule has 0 aliphatic rings. The van der Waals surface area contributed by atoms with Crippen molar-refractivity contribution in [1.82, 2.24) is 10.2 Å². The van der Waals surface area contributed by atoms with Crippen molar-refractivity contribution in [3.8, 4) is 0 Å². The van der Waals surface area contributed by atoms with Crippen molar-refractivity contribution in [2.24, 2.45) is 0 Å². The summed E-state index contributed by atoms with van der Waals surface area (Å²) >= 11 is 0. The van der Waals surface area contributed by atoms with E-state index in [2.05, 4.69) is 5.32 Å². The minimum Gasteiger partial charge on any atom is -0.354 e. The number of nitrogens with one attached hydrogen (secondary N) is 1. The van der Waals surface area contributed by atoms with E-state index in [1.165, 1.54) is 17.0 Å². The summed E-state index contributed by atoms with van der Waals surface area (Å²) in [6.07, 6.45) is 1.92. The van der Waals surface area contributed by atoms with E-state index in [0.717, 1.165) is 51.5 Å². The standard InChI is InChI=1S/C36H40FN3O4S/c1-4-5-22-38-36(42)34(24-29-11-7-6-8-12-29)39(25-30-13-9-10-28(3)23-30)35(41)26-40(32-18-14-27(2)15-19-32)45(43,44)33-20-16-31(37)17-21-33/h6-21,23,34H,4-5,22,24-26H2,1-3H3,(H,38,42). The zero-order valence-corrected chi connectivity index (χ0v) is 26.8. The molecule has 0 bridgehead atoms. The van der Waals surface area contributed by atoms with Gasteiger partial charge < -0.3 is 10.2 Å². The molecule has 0 saturated carbocycles. The third-order valence-corrected chi connectivity index (χ3v) is 9.33. The van der Waals surface area contributed by atoms with E-state index in [4.69, 9.17) is 0 Å². The summed E-state index contributed by atoms with van der Waals surface area (Å²) < 4.78 is 42.8. The first kappa shape index (κ1) is 33.4. The predicted molar refractivity (Wildman–Crippen MR) is 176 cm³/mol. The Kier molecular flexibility index (Phi) is 11.5. The molecule has 4 aromatic carbocycles. The van der Waals surface area contributed by atoms with Crippen molar-refractivity contribution in [1.29, 1.82) is 0 Å². The van der Waals surface area contributed by atoms with E-state index in [-0.39, 0.29) is 29.5 Å². The minimum atomic E-state index is -4.30. The van der Waals surface area contributed by atoms with Crippen molar-refractivity contribution in [3.05, 3.63) is 131 Å². The highest BCUT2D eigenvalue weighted by Crippen LogP contribution is 2.26. The van der Waals surface area contributed by atoms with Gasteiger partial charge in [0.15, 0.2) is 0 Å². The lowest BCUT2D eigenvalue weighted by Crippen LogP contribution is -2.53. The van der Waals surface area contributed by atoms with E-state index in [1.54, 1.807) is 24.3 Å². The molecule has 0 heterocycles. The Balaban J connectivity index is 1.78. The van der Waals surface area contributed by atoms with Gasteiger partial charge >= 0.3 is 0 Å². The molecule has 45 heavy (non-hydrogen) atoms. The van der Waals surface area contributed by atoms with Gasteiger partial charge in [-0.1, -0.05) is 91.2 Å². The maximum atomic E-state index is 14.5. The second-order valence-corrected chi connectivity index (χ2v) is 13.0. The fraction of sp³-hybridized carbons (Fsp3) is 0.278. The number of halogens is 1. The van der Waals surface area contributed by atoms with E-state index in [1.807, 2.05) is 75.4 Å². The number of aryl methyl sites for hydroxylation is 2. The Bertz CT molecular complexity index is 1680. The second kappa shape index (κ2) is 15.5. The van der Waals surface area contributed by atoms with Gasteiger partial charge in [-0.2, -0.15) is 0 Å². The number of sulfonamides is 1. The smallest absolute Gasteiger partial charge is 0.264 e. The Labute approximate surface area is 265 Å². The van der Waals surface area contributed by atoms with E-state index in [0.29, 0.717) is 6.54 Å². The van der Waals surface area contributed by atoms with E-state index in [9.17, 15) is 22.4 Å². The first-order valence-electron chi connectivity index (χ1n) is 15.1. The first-order valence-corrected chi connectivity index (χ1v) is 16.5. The molecule has 0 aliphatic carbocycles. The van der Waals surface area contributed by atoms with Gasteiger partial charge in [-0.3, -0.25) is 13.9 Å². The highest BCUT2D eigenvalue weighted by atomic mass is 32.2. The van der Waals surface area contributed by atoms with Crippen LogP contribution in [0.2, 0.25) is 0 Å². The van der Waals surface area contributed by atoms with Crippen LogP contribution in [0.5, 0.6) is 0 Å². The van der Waals surface area contributed by atoms with Gasteiger partial charge in [0.25, 0.3) is 10.0 Å². The SMILES string of the molecule is CCCCNC(=O)C(Cc1ccccc1)N(Cc1cccc(C)c1)C(=O)CN(c1ccc(C)cc1)S(=O)(=O)c1ccc(F)cc1. The van der Waals surface area contributed by atoms with Gasteiger partial charge in [0.1, 0.15) is 18.4 Å². The molecule has 1 N–H and O–H groups in total. The first-order chi connectivity index (χ1) is 21.6. The molecule has 236 valence electrons. The molecule has 7 nitrogen and oxygen atoms in total. The van der Waals surface area contributed by atoms with Crippen molar-refractivity contribution in [3.63, 3.8) is 0 Å². The molecule has 0 saturated heterocycles. The van der Waals surface area contributed by atoms with Crippen LogP contribution in [0.1, 0.15) is 42.0 Å². The molecule has 4 aromatic rings. The lowest BCUT2D eigenvalue weighted by atomic mass is 10.0. The van der Waals surface area contributed by atoms with Crippen LogP contribution in [-0.4, -0.2) is 44.3 Å². The van der Waals surface area contributed by atoms with Crippen LogP contribution in [0.25, 0.3) is 0 Å². The van der Waals surface area contributed by atoms with Crippen molar-refractivity contribution < 1.29 is 22.4 Å². The normalized spacial score (nSPS) is 11.9. The quantitative estimate of drug-likeness (QED) is 0.169. The molecule has 9 heteroatoms. The fourth-order valence-electron chi connectivity index (χ4n) is 5.04. The maximum Gasteiger partial charge on any atom is 0.264 e. The van der Waals surface area contributed by atoms with Crippen molar-refractivity contribution in [2.45, 2.75) is 57.5 Å². The summed E-state index contributed by atoms with van der Waals surface area (Å²) in [4.78, 5) is 29.6. The van der Waals surface area contributed by atoms with Crippen LogP contribution >= 0.6 is 0 Å². The highest BCUT2D eigenvalue weighted by Gasteiger charge is 2.34. The summed E-state index contributed by atoms with van der Waals surface area (Å²) in [5.41, 5.74) is 3.86. The number of rotatable bonds is 14. The molecule has 1 unspecified atom stereocenters. The van der Waals surface area contributed by atoms with Crippen LogP contribution in [0.15, 0.2) is 108 Å². The third kappa shape index (κ3) is 9.01. The minimum absolute atomic E-state index is 0.0948. The predicted octanol–water partition coefficient (Wildman–Crippen LogP) is 6.19. The molecular formula is C36H40FN3O4S. The summed E-state index contributed by atoms with van der Waals surface area (Å²) in [5.74, 6) is -1.43. The second-order valence-electron chi connectivity index (χ2n) is 11.2. The van der Waals surface area contributed by atoms with Crippen LogP contribution in [-0.2, 0) is 32.6 Å². The molecule has 4 rings (SSSR count). The number of hydrogen-bond acceptors (Lipinski definition) is 4. The van der Waals surface area contributed by atoms with E-state index >= 15 is 0 Å². The molecular weight excluding hydrogens is 589 g/mol. The number of nitrogens with zero attached hydrogens (tertiary/aromatic N) is 2. The highest BCUT2D eigenvalue weighted by molar-refractivity contribution is 7.92. The zero-order valence-electron chi connectivity index (χ0n) is 25.9. The summed E-state index contributed by atoms with van der Waals surface area (Å²) in [5, 5.41) is 2.99. The number of unbranched alkanes of at least 4 members (excludes halogenated alkanes) is 1. The fourth-order valence-corrected chi connectivity index (χ4v) is 6.46. The average Bonchev–Trinajstić information content (AvgIpc) is 3.02. The molecule has 0 fully saturated rings. The number of benzene rings is 4. The number of carbonyl (C=O) groups excluding carboxylic acids is 2. The van der Waals surface area contributed by atoms with Crippen LogP contribution in [0, 0.1) is 19.7 Å². The summed E-state index contributed by atoms with van der Waals surface area (Å²) in [7, 11) is -4.30. The Hall–Kier alpha value is -4.50. The molecule has 0 radical (unpaired) electrons. The molecule has 2 amide bonds. The van der Waals surface area contributed by atoms with Crippen molar-refractivity contribution >= 4 is 27.5 Å². The molecule has 0 spiro atoms. The van der Waals surface area contributed by atoms with Gasteiger partial charge in [-0.25, -0.2) is 12.8 Å². The topological polar surface area (TPSA) is 86.8 Å².